The van der Waals surface area contributed by atoms with Gasteiger partial charge in [-0.15, -0.1) is 12.4 Å². The minimum absolute atomic E-state index is 0. The van der Waals surface area contributed by atoms with Crippen molar-refractivity contribution in [3.8, 4) is 0 Å². The Hall–Kier alpha value is -1.59. The molecule has 1 saturated heterocycles. The summed E-state index contributed by atoms with van der Waals surface area (Å²) in [5, 5.41) is 9.06. The van der Waals surface area contributed by atoms with Crippen LogP contribution in [0.2, 0.25) is 0 Å². The number of carbonyl (C=O) groups excluding carboxylic acids is 1. The topological polar surface area (TPSA) is 60.9 Å². The first-order valence-electron chi connectivity index (χ1n) is 8.85. The van der Waals surface area contributed by atoms with E-state index >= 15 is 0 Å². The SMILES string of the molecule is CN(C(=O)CN1CCC(C(=O)O)CC1)C1CCCc2ccccc21.Cl. The number of halogens is 1. The predicted molar refractivity (Wildman–Crippen MR) is 98.9 cm³/mol. The van der Waals surface area contributed by atoms with Crippen LogP contribution in [0.3, 0.4) is 0 Å². The van der Waals surface area contributed by atoms with E-state index in [1.54, 1.807) is 0 Å². The summed E-state index contributed by atoms with van der Waals surface area (Å²) < 4.78 is 0. The van der Waals surface area contributed by atoms with Gasteiger partial charge in [-0.2, -0.15) is 0 Å². The molecule has 1 aromatic rings. The van der Waals surface area contributed by atoms with Crippen LogP contribution in [-0.2, 0) is 16.0 Å². The second kappa shape index (κ2) is 8.68. The number of fused-ring (bicyclic) bond motifs is 1. The number of carboxylic acids is 1. The van der Waals surface area contributed by atoms with Crippen molar-refractivity contribution in [1.29, 1.82) is 0 Å². The van der Waals surface area contributed by atoms with Crippen molar-refractivity contribution in [3.63, 3.8) is 0 Å². The third kappa shape index (κ3) is 4.53. The number of likely N-dealkylation sites (tertiary alicyclic amines) is 1. The third-order valence-electron chi connectivity index (χ3n) is 5.49. The second-order valence-electron chi connectivity index (χ2n) is 7.00. The van der Waals surface area contributed by atoms with Gasteiger partial charge in [0, 0.05) is 7.05 Å². The van der Waals surface area contributed by atoms with Gasteiger partial charge in [-0.3, -0.25) is 14.5 Å². The van der Waals surface area contributed by atoms with Crippen LogP contribution >= 0.6 is 12.4 Å². The van der Waals surface area contributed by atoms with E-state index in [1.165, 1.54) is 11.1 Å². The Morgan fingerprint density at radius 1 is 1.20 bits per heavy atom. The minimum atomic E-state index is -0.711. The van der Waals surface area contributed by atoms with E-state index in [2.05, 4.69) is 23.1 Å². The monoisotopic (exact) mass is 366 g/mol. The maximum atomic E-state index is 12.7. The number of piperidine rings is 1. The molecule has 1 aliphatic carbocycles. The summed E-state index contributed by atoms with van der Waals surface area (Å²) in [6.45, 7) is 1.77. The molecule has 1 amide bonds. The highest BCUT2D eigenvalue weighted by Gasteiger charge is 2.29. The number of hydrogen-bond donors (Lipinski definition) is 1. The number of hydrogen-bond acceptors (Lipinski definition) is 3. The zero-order valence-corrected chi connectivity index (χ0v) is 15.5. The summed E-state index contributed by atoms with van der Waals surface area (Å²) in [4.78, 5) is 27.7. The molecule has 1 aromatic carbocycles. The number of carboxylic acid groups (broad SMARTS) is 1. The minimum Gasteiger partial charge on any atom is -0.481 e. The largest absolute Gasteiger partial charge is 0.481 e. The van der Waals surface area contributed by atoms with Crippen LogP contribution in [0.15, 0.2) is 24.3 Å². The Kier molecular flexibility index (Phi) is 6.85. The van der Waals surface area contributed by atoms with E-state index in [-0.39, 0.29) is 30.3 Å². The standard InChI is InChI=1S/C19H26N2O3.ClH/c1-20(17-8-4-6-14-5-2-3-7-16(14)17)18(22)13-21-11-9-15(10-12-21)19(23)24;/h2-3,5,7,15,17H,4,6,8-13H2,1H3,(H,23,24);1H. The lowest BCUT2D eigenvalue weighted by atomic mass is 9.87. The lowest BCUT2D eigenvalue weighted by Crippen LogP contribution is -2.44. The van der Waals surface area contributed by atoms with Gasteiger partial charge in [0.15, 0.2) is 0 Å². The highest BCUT2D eigenvalue weighted by atomic mass is 35.5. The molecule has 3 rings (SSSR count). The number of carbonyl (C=O) groups is 2. The molecule has 2 aliphatic rings. The van der Waals surface area contributed by atoms with E-state index in [0.717, 1.165) is 19.3 Å². The molecule has 0 aromatic heterocycles. The number of amides is 1. The smallest absolute Gasteiger partial charge is 0.306 e. The normalized spacial score (nSPS) is 21.1. The molecular weight excluding hydrogens is 340 g/mol. The number of benzene rings is 1. The molecule has 1 atom stereocenters. The zero-order chi connectivity index (χ0) is 17.1. The van der Waals surface area contributed by atoms with Gasteiger partial charge in [0.2, 0.25) is 5.91 Å². The molecule has 1 heterocycles. The van der Waals surface area contributed by atoms with Crippen LogP contribution < -0.4 is 0 Å². The average molecular weight is 367 g/mol. The molecule has 1 fully saturated rings. The van der Waals surface area contributed by atoms with Gasteiger partial charge in [-0.25, -0.2) is 0 Å². The van der Waals surface area contributed by atoms with Crippen molar-refractivity contribution >= 4 is 24.3 Å². The molecule has 0 spiro atoms. The Balaban J connectivity index is 0.00000225. The Bertz CT molecular complexity index is 614. The molecule has 1 unspecified atom stereocenters. The molecule has 0 saturated carbocycles. The molecule has 1 aliphatic heterocycles. The number of rotatable bonds is 4. The van der Waals surface area contributed by atoms with Gasteiger partial charge in [0.05, 0.1) is 18.5 Å². The first kappa shape index (κ1) is 19.7. The van der Waals surface area contributed by atoms with Crippen molar-refractivity contribution in [3.05, 3.63) is 35.4 Å². The fourth-order valence-corrected chi connectivity index (χ4v) is 3.95. The van der Waals surface area contributed by atoms with Crippen molar-refractivity contribution in [2.24, 2.45) is 5.92 Å². The molecule has 6 heteroatoms. The van der Waals surface area contributed by atoms with Crippen molar-refractivity contribution in [1.82, 2.24) is 9.80 Å². The average Bonchev–Trinajstić information content (AvgIpc) is 2.61. The summed E-state index contributed by atoms with van der Waals surface area (Å²) in [6.07, 6.45) is 4.50. The van der Waals surface area contributed by atoms with Crippen LogP contribution in [0.25, 0.3) is 0 Å². The number of nitrogens with zero attached hydrogens (tertiary/aromatic N) is 2. The van der Waals surface area contributed by atoms with E-state index in [1.807, 2.05) is 18.0 Å². The fraction of sp³-hybridized carbons (Fsp3) is 0.579. The van der Waals surface area contributed by atoms with Gasteiger partial charge in [0.1, 0.15) is 0 Å². The van der Waals surface area contributed by atoms with Gasteiger partial charge in [-0.05, 0) is 56.3 Å². The molecule has 0 radical (unpaired) electrons. The van der Waals surface area contributed by atoms with Gasteiger partial charge >= 0.3 is 5.97 Å². The maximum absolute atomic E-state index is 12.7. The first-order valence-corrected chi connectivity index (χ1v) is 8.85. The second-order valence-corrected chi connectivity index (χ2v) is 7.00. The van der Waals surface area contributed by atoms with Crippen LogP contribution in [0.5, 0.6) is 0 Å². The van der Waals surface area contributed by atoms with Gasteiger partial charge in [0.25, 0.3) is 0 Å². The fourth-order valence-electron chi connectivity index (χ4n) is 3.95. The number of aliphatic carboxylic acids is 1. The van der Waals surface area contributed by atoms with E-state index < -0.39 is 5.97 Å². The van der Waals surface area contributed by atoms with Crippen molar-refractivity contribution < 1.29 is 14.7 Å². The van der Waals surface area contributed by atoms with E-state index in [9.17, 15) is 9.59 Å². The molecule has 25 heavy (non-hydrogen) atoms. The predicted octanol–water partition coefficient (Wildman–Crippen LogP) is 2.74. The number of aryl methyl sites for hydroxylation is 1. The van der Waals surface area contributed by atoms with Crippen LogP contribution in [0.1, 0.15) is 42.9 Å². The molecule has 138 valence electrons. The maximum Gasteiger partial charge on any atom is 0.306 e. The highest BCUT2D eigenvalue weighted by Crippen LogP contribution is 2.33. The van der Waals surface area contributed by atoms with Crippen molar-refractivity contribution in [2.75, 3.05) is 26.7 Å². The molecule has 5 nitrogen and oxygen atoms in total. The molecular formula is C19H27ClN2O3. The van der Waals surface area contributed by atoms with Gasteiger partial charge in [-0.1, -0.05) is 24.3 Å². The van der Waals surface area contributed by atoms with Crippen molar-refractivity contribution in [2.45, 2.75) is 38.1 Å². The lowest BCUT2D eigenvalue weighted by molar-refractivity contribution is -0.143. The Morgan fingerprint density at radius 3 is 2.56 bits per heavy atom. The van der Waals surface area contributed by atoms with Crippen LogP contribution in [0.4, 0.5) is 0 Å². The number of likely N-dealkylation sites (N-methyl/N-ethyl adjacent to an activating group) is 1. The van der Waals surface area contributed by atoms with Gasteiger partial charge < -0.3 is 10.0 Å². The lowest BCUT2D eigenvalue weighted by Gasteiger charge is -2.36. The summed E-state index contributed by atoms with van der Waals surface area (Å²) >= 11 is 0. The quantitative estimate of drug-likeness (QED) is 0.890. The highest BCUT2D eigenvalue weighted by molar-refractivity contribution is 5.85. The molecule has 0 bridgehead atoms. The third-order valence-corrected chi connectivity index (χ3v) is 5.49. The zero-order valence-electron chi connectivity index (χ0n) is 14.7. The van der Waals surface area contributed by atoms with Crippen LogP contribution in [-0.4, -0.2) is 53.5 Å². The Labute approximate surface area is 155 Å². The summed E-state index contributed by atoms with van der Waals surface area (Å²) in [6, 6.07) is 8.58. The molecule has 1 N–H and O–H groups in total. The summed E-state index contributed by atoms with van der Waals surface area (Å²) in [5.41, 5.74) is 2.64. The van der Waals surface area contributed by atoms with E-state index in [4.69, 9.17) is 5.11 Å². The summed E-state index contributed by atoms with van der Waals surface area (Å²) in [5.74, 6) is -0.832. The first-order chi connectivity index (χ1) is 11.6. The Morgan fingerprint density at radius 2 is 1.88 bits per heavy atom. The van der Waals surface area contributed by atoms with E-state index in [0.29, 0.717) is 32.5 Å². The summed E-state index contributed by atoms with van der Waals surface area (Å²) in [7, 11) is 1.90. The van der Waals surface area contributed by atoms with Crippen LogP contribution in [0, 0.1) is 5.92 Å².